The van der Waals surface area contributed by atoms with Gasteiger partial charge in [-0.1, -0.05) is 43.3 Å². The van der Waals surface area contributed by atoms with E-state index in [4.69, 9.17) is 4.52 Å². The summed E-state index contributed by atoms with van der Waals surface area (Å²) in [6, 6.07) is 15.4. The second-order valence-corrected chi connectivity index (χ2v) is 7.12. The molecule has 2 heterocycles. The largest absolute Gasteiger partial charge is 0.356 e. The second-order valence-electron chi connectivity index (χ2n) is 7.12. The summed E-state index contributed by atoms with van der Waals surface area (Å²) in [6.45, 7) is 4.97. The average molecular weight is 374 g/mol. The van der Waals surface area contributed by atoms with Crippen molar-refractivity contribution < 1.29 is 9.32 Å². The first-order valence-electron chi connectivity index (χ1n) is 9.33. The highest BCUT2D eigenvalue weighted by Gasteiger charge is 2.13. The zero-order valence-corrected chi connectivity index (χ0v) is 15.9. The lowest BCUT2D eigenvalue weighted by molar-refractivity contribution is -0.115. The van der Waals surface area contributed by atoms with Gasteiger partial charge in [-0.25, -0.2) is 4.98 Å². The highest BCUT2D eigenvalue weighted by atomic mass is 16.5. The SMILES string of the molecule is CC(C)c1nccn1Cc1cccc(NC(=O)Cc2noc3ccccc23)c1. The number of hydrogen-bond acceptors (Lipinski definition) is 4. The predicted molar refractivity (Wildman–Crippen MR) is 108 cm³/mol. The lowest BCUT2D eigenvalue weighted by Crippen LogP contribution is -2.15. The highest BCUT2D eigenvalue weighted by molar-refractivity contribution is 5.94. The standard InChI is InChI=1S/C22H22N4O2/c1-15(2)22-23-10-11-26(22)14-16-6-5-7-17(12-16)24-21(27)13-19-18-8-3-4-9-20(18)28-25-19/h3-12,15H,13-14H2,1-2H3,(H,24,27). The number of anilines is 1. The number of fused-ring (bicyclic) bond motifs is 1. The Kier molecular flexibility index (Phi) is 4.93. The van der Waals surface area contributed by atoms with Crippen LogP contribution >= 0.6 is 0 Å². The van der Waals surface area contributed by atoms with Gasteiger partial charge in [0.2, 0.25) is 5.91 Å². The molecule has 4 aromatic rings. The fourth-order valence-corrected chi connectivity index (χ4v) is 3.32. The monoisotopic (exact) mass is 374 g/mol. The van der Waals surface area contributed by atoms with Crippen LogP contribution in [0.1, 0.15) is 36.8 Å². The molecule has 142 valence electrons. The molecular formula is C22H22N4O2. The number of nitrogens with one attached hydrogen (secondary N) is 1. The van der Waals surface area contributed by atoms with Gasteiger partial charge in [-0.3, -0.25) is 4.79 Å². The first-order chi connectivity index (χ1) is 13.6. The third-order valence-corrected chi connectivity index (χ3v) is 4.61. The first kappa shape index (κ1) is 18.0. The summed E-state index contributed by atoms with van der Waals surface area (Å²) in [5.41, 5.74) is 3.20. The Balaban J connectivity index is 1.45. The maximum atomic E-state index is 12.5. The molecule has 0 aliphatic heterocycles. The van der Waals surface area contributed by atoms with Crippen LogP contribution < -0.4 is 5.32 Å². The number of nitrogens with zero attached hydrogens (tertiary/aromatic N) is 3. The van der Waals surface area contributed by atoms with E-state index in [0.29, 0.717) is 23.7 Å². The molecule has 0 saturated heterocycles. The van der Waals surface area contributed by atoms with Crippen molar-refractivity contribution >= 4 is 22.6 Å². The Morgan fingerprint density at radius 3 is 2.89 bits per heavy atom. The number of para-hydroxylation sites is 1. The molecule has 0 spiro atoms. The van der Waals surface area contributed by atoms with E-state index in [1.807, 2.05) is 60.9 Å². The van der Waals surface area contributed by atoms with E-state index in [-0.39, 0.29) is 12.3 Å². The molecule has 2 aromatic carbocycles. The fourth-order valence-electron chi connectivity index (χ4n) is 3.32. The minimum absolute atomic E-state index is 0.123. The number of carbonyl (C=O) groups is 1. The summed E-state index contributed by atoms with van der Waals surface area (Å²) >= 11 is 0. The molecule has 1 N–H and O–H groups in total. The molecule has 28 heavy (non-hydrogen) atoms. The van der Waals surface area contributed by atoms with Crippen LogP contribution in [0.5, 0.6) is 0 Å². The maximum Gasteiger partial charge on any atom is 0.230 e. The fraction of sp³-hybridized carbons (Fsp3) is 0.227. The molecule has 0 saturated carbocycles. The summed E-state index contributed by atoms with van der Waals surface area (Å²) in [5, 5.41) is 7.85. The molecule has 0 aliphatic rings. The first-order valence-corrected chi connectivity index (χ1v) is 9.33. The quantitative estimate of drug-likeness (QED) is 0.544. The van der Waals surface area contributed by atoms with Crippen molar-refractivity contribution in [2.75, 3.05) is 5.32 Å². The van der Waals surface area contributed by atoms with Gasteiger partial charge in [-0.2, -0.15) is 0 Å². The van der Waals surface area contributed by atoms with Gasteiger partial charge >= 0.3 is 0 Å². The molecule has 2 aromatic heterocycles. The number of benzene rings is 2. The van der Waals surface area contributed by atoms with Crippen molar-refractivity contribution in [3.05, 3.63) is 78.0 Å². The number of hydrogen-bond donors (Lipinski definition) is 1. The second kappa shape index (κ2) is 7.68. The van der Waals surface area contributed by atoms with Gasteiger partial charge in [0.25, 0.3) is 0 Å². The molecule has 0 radical (unpaired) electrons. The third-order valence-electron chi connectivity index (χ3n) is 4.61. The van der Waals surface area contributed by atoms with E-state index in [0.717, 1.165) is 22.5 Å². The zero-order valence-electron chi connectivity index (χ0n) is 15.9. The molecule has 6 heteroatoms. The van der Waals surface area contributed by atoms with Gasteiger partial charge in [-0.05, 0) is 29.8 Å². The number of rotatable bonds is 6. The van der Waals surface area contributed by atoms with Crippen LogP contribution in [0, 0.1) is 0 Å². The molecule has 4 rings (SSSR count). The zero-order chi connectivity index (χ0) is 19.5. The Morgan fingerprint density at radius 1 is 1.18 bits per heavy atom. The minimum atomic E-state index is -0.123. The van der Waals surface area contributed by atoms with E-state index in [9.17, 15) is 4.79 Å². The molecule has 0 aliphatic carbocycles. The maximum absolute atomic E-state index is 12.5. The molecule has 0 atom stereocenters. The number of imidazole rings is 1. The summed E-state index contributed by atoms with van der Waals surface area (Å²) in [7, 11) is 0. The summed E-state index contributed by atoms with van der Waals surface area (Å²) in [5.74, 6) is 1.28. The Bertz CT molecular complexity index is 1110. The average Bonchev–Trinajstić information content (AvgIpc) is 3.29. The van der Waals surface area contributed by atoms with Crippen molar-refractivity contribution in [3.8, 4) is 0 Å². The summed E-state index contributed by atoms with van der Waals surface area (Å²) in [4.78, 5) is 16.9. The number of aromatic nitrogens is 3. The Hall–Kier alpha value is -3.41. The molecule has 0 bridgehead atoms. The Morgan fingerprint density at radius 2 is 2.04 bits per heavy atom. The number of amides is 1. The highest BCUT2D eigenvalue weighted by Crippen LogP contribution is 2.20. The summed E-state index contributed by atoms with van der Waals surface area (Å²) < 4.78 is 7.40. The van der Waals surface area contributed by atoms with Crippen LogP contribution in [0.2, 0.25) is 0 Å². The van der Waals surface area contributed by atoms with Gasteiger partial charge < -0.3 is 14.4 Å². The van der Waals surface area contributed by atoms with Crippen molar-refractivity contribution in [2.24, 2.45) is 0 Å². The normalized spacial score (nSPS) is 11.2. The van der Waals surface area contributed by atoms with Gasteiger partial charge in [-0.15, -0.1) is 0 Å². The van der Waals surface area contributed by atoms with Crippen LogP contribution in [0.15, 0.2) is 65.4 Å². The van der Waals surface area contributed by atoms with Crippen LogP contribution in [0.3, 0.4) is 0 Å². The lowest BCUT2D eigenvalue weighted by Gasteiger charge is -2.12. The molecule has 0 fully saturated rings. The van der Waals surface area contributed by atoms with Crippen molar-refractivity contribution in [3.63, 3.8) is 0 Å². The van der Waals surface area contributed by atoms with E-state index in [1.54, 1.807) is 0 Å². The van der Waals surface area contributed by atoms with Crippen molar-refractivity contribution in [2.45, 2.75) is 32.7 Å². The van der Waals surface area contributed by atoms with Gasteiger partial charge in [0.05, 0.1) is 6.42 Å². The lowest BCUT2D eigenvalue weighted by atomic mass is 10.1. The smallest absolute Gasteiger partial charge is 0.230 e. The topological polar surface area (TPSA) is 73.0 Å². The van der Waals surface area contributed by atoms with Gasteiger partial charge in [0.15, 0.2) is 5.58 Å². The molecule has 6 nitrogen and oxygen atoms in total. The van der Waals surface area contributed by atoms with Crippen molar-refractivity contribution in [1.29, 1.82) is 0 Å². The number of carbonyl (C=O) groups excluding carboxylic acids is 1. The van der Waals surface area contributed by atoms with Crippen LogP contribution in [0.25, 0.3) is 11.0 Å². The van der Waals surface area contributed by atoms with Gasteiger partial charge in [0, 0.05) is 35.9 Å². The van der Waals surface area contributed by atoms with Crippen molar-refractivity contribution in [1.82, 2.24) is 14.7 Å². The molecule has 1 amide bonds. The third kappa shape index (κ3) is 3.81. The van der Waals surface area contributed by atoms with E-state index >= 15 is 0 Å². The molecule has 0 unspecified atom stereocenters. The van der Waals surface area contributed by atoms with Crippen LogP contribution in [-0.2, 0) is 17.8 Å². The van der Waals surface area contributed by atoms with Crippen LogP contribution in [0.4, 0.5) is 5.69 Å². The van der Waals surface area contributed by atoms with Gasteiger partial charge in [0.1, 0.15) is 11.5 Å². The predicted octanol–water partition coefficient (Wildman–Crippen LogP) is 4.38. The van der Waals surface area contributed by atoms with E-state index in [1.165, 1.54) is 0 Å². The van der Waals surface area contributed by atoms with E-state index < -0.39 is 0 Å². The Labute approximate surface area is 163 Å². The molecular weight excluding hydrogens is 352 g/mol. The minimum Gasteiger partial charge on any atom is -0.356 e. The van der Waals surface area contributed by atoms with E-state index in [2.05, 4.69) is 33.9 Å². The summed E-state index contributed by atoms with van der Waals surface area (Å²) in [6.07, 6.45) is 3.97. The van der Waals surface area contributed by atoms with Crippen LogP contribution in [-0.4, -0.2) is 20.6 Å².